The number of carbonyl (C=O) groups excluding carboxylic acids is 1. The van der Waals surface area contributed by atoms with E-state index in [1.165, 1.54) is 0 Å². The summed E-state index contributed by atoms with van der Waals surface area (Å²) in [5.41, 5.74) is 1.57. The minimum atomic E-state index is -0.246. The van der Waals surface area contributed by atoms with Crippen LogP contribution in [0.5, 0.6) is 23.0 Å². The highest BCUT2D eigenvalue weighted by atomic mass is 16.5. The van der Waals surface area contributed by atoms with Crippen LogP contribution in [0.3, 0.4) is 0 Å². The van der Waals surface area contributed by atoms with Crippen molar-refractivity contribution in [3.8, 4) is 23.0 Å². The average molecular weight is 359 g/mol. The number of carbonyl (C=O) groups is 1. The predicted molar refractivity (Wildman–Crippen MR) is 101 cm³/mol. The molecule has 1 atom stereocenters. The second-order valence-corrected chi connectivity index (χ2v) is 5.85. The van der Waals surface area contributed by atoms with Gasteiger partial charge in [0.1, 0.15) is 11.5 Å². The highest BCUT2D eigenvalue weighted by molar-refractivity contribution is 5.94. The van der Waals surface area contributed by atoms with Gasteiger partial charge >= 0.3 is 0 Å². The van der Waals surface area contributed by atoms with E-state index in [-0.39, 0.29) is 11.8 Å². The fourth-order valence-electron chi connectivity index (χ4n) is 2.62. The van der Waals surface area contributed by atoms with Gasteiger partial charge in [0.2, 0.25) is 5.91 Å². The molecule has 0 spiro atoms. The Kier molecular flexibility index (Phi) is 6.72. The van der Waals surface area contributed by atoms with Gasteiger partial charge in [-0.15, -0.1) is 0 Å². The van der Waals surface area contributed by atoms with Crippen LogP contribution in [0.1, 0.15) is 12.5 Å². The molecule has 0 aliphatic rings. The highest BCUT2D eigenvalue weighted by Crippen LogP contribution is 2.31. The number of rotatable bonds is 8. The third-order valence-corrected chi connectivity index (χ3v) is 4.10. The Balaban J connectivity index is 2.11. The molecular formula is C20H25NO5. The molecule has 1 N–H and O–H groups in total. The van der Waals surface area contributed by atoms with Crippen LogP contribution < -0.4 is 24.3 Å². The van der Waals surface area contributed by atoms with Crippen molar-refractivity contribution >= 4 is 11.6 Å². The van der Waals surface area contributed by atoms with Crippen molar-refractivity contribution < 1.29 is 23.7 Å². The number of anilines is 1. The summed E-state index contributed by atoms with van der Waals surface area (Å²) in [7, 11) is 6.32. The summed E-state index contributed by atoms with van der Waals surface area (Å²) in [4.78, 5) is 12.6. The Bertz CT molecular complexity index is 760. The number of ether oxygens (including phenoxy) is 4. The Morgan fingerprint density at radius 1 is 0.885 bits per heavy atom. The zero-order chi connectivity index (χ0) is 19.1. The first-order valence-electron chi connectivity index (χ1n) is 8.26. The highest BCUT2D eigenvalue weighted by Gasteiger charge is 2.17. The first-order chi connectivity index (χ1) is 12.5. The maximum Gasteiger partial charge on any atom is 0.227 e. The zero-order valence-electron chi connectivity index (χ0n) is 15.8. The van der Waals surface area contributed by atoms with Crippen molar-refractivity contribution in [3.63, 3.8) is 0 Å². The number of hydrogen-bond donors (Lipinski definition) is 1. The standard InChI is InChI=1S/C20H25NO5/c1-13(10-14-6-8-18(25-4)19(11-14)26-5)20(22)21-16-12-15(23-2)7-9-17(16)24-3/h6-9,11-13H,10H2,1-5H3,(H,21,22). The summed E-state index contributed by atoms with van der Waals surface area (Å²) in [6.45, 7) is 1.87. The second-order valence-electron chi connectivity index (χ2n) is 5.85. The summed E-state index contributed by atoms with van der Waals surface area (Å²) in [6, 6.07) is 10.9. The van der Waals surface area contributed by atoms with Crippen LogP contribution >= 0.6 is 0 Å². The van der Waals surface area contributed by atoms with Crippen molar-refractivity contribution in [2.24, 2.45) is 5.92 Å². The lowest BCUT2D eigenvalue weighted by Crippen LogP contribution is -2.22. The van der Waals surface area contributed by atoms with E-state index in [0.717, 1.165) is 5.56 Å². The van der Waals surface area contributed by atoms with Crippen LogP contribution in [0.15, 0.2) is 36.4 Å². The molecule has 0 aromatic heterocycles. The molecule has 26 heavy (non-hydrogen) atoms. The van der Waals surface area contributed by atoms with Crippen LogP contribution in [0.25, 0.3) is 0 Å². The molecule has 1 amide bonds. The van der Waals surface area contributed by atoms with Crippen LogP contribution in [-0.4, -0.2) is 34.3 Å². The van der Waals surface area contributed by atoms with E-state index in [2.05, 4.69) is 5.32 Å². The van der Waals surface area contributed by atoms with Crippen LogP contribution in [0.2, 0.25) is 0 Å². The van der Waals surface area contributed by atoms with Crippen molar-refractivity contribution in [3.05, 3.63) is 42.0 Å². The molecule has 0 aliphatic carbocycles. The van der Waals surface area contributed by atoms with E-state index in [4.69, 9.17) is 18.9 Å². The largest absolute Gasteiger partial charge is 0.497 e. The molecule has 6 heteroatoms. The summed E-state index contributed by atoms with van der Waals surface area (Å²) in [6.07, 6.45) is 0.568. The van der Waals surface area contributed by atoms with Gasteiger partial charge in [-0.05, 0) is 36.2 Å². The lowest BCUT2D eigenvalue weighted by molar-refractivity contribution is -0.119. The lowest BCUT2D eigenvalue weighted by atomic mass is 9.99. The summed E-state index contributed by atoms with van der Waals surface area (Å²) < 4.78 is 21.1. The SMILES string of the molecule is COc1ccc(OC)c(NC(=O)C(C)Cc2ccc(OC)c(OC)c2)c1. The quantitative estimate of drug-likeness (QED) is 0.781. The van der Waals surface area contributed by atoms with Crippen molar-refractivity contribution in [1.82, 2.24) is 0 Å². The molecule has 6 nitrogen and oxygen atoms in total. The third kappa shape index (κ3) is 4.59. The topological polar surface area (TPSA) is 66.0 Å². The molecule has 140 valence electrons. The summed E-state index contributed by atoms with van der Waals surface area (Å²) in [5, 5.41) is 2.91. The molecule has 2 aromatic rings. The van der Waals surface area contributed by atoms with Gasteiger partial charge in [-0.2, -0.15) is 0 Å². The number of amides is 1. The second kappa shape index (κ2) is 8.99. The minimum Gasteiger partial charge on any atom is -0.497 e. The maximum atomic E-state index is 12.6. The number of nitrogens with one attached hydrogen (secondary N) is 1. The number of hydrogen-bond acceptors (Lipinski definition) is 5. The molecular weight excluding hydrogens is 334 g/mol. The van der Waals surface area contributed by atoms with Gasteiger partial charge < -0.3 is 24.3 Å². The Hall–Kier alpha value is -2.89. The molecule has 0 saturated heterocycles. The van der Waals surface area contributed by atoms with Gasteiger partial charge in [0, 0.05) is 12.0 Å². The lowest BCUT2D eigenvalue weighted by Gasteiger charge is -2.16. The van der Waals surface area contributed by atoms with Gasteiger partial charge in [-0.1, -0.05) is 13.0 Å². The number of methoxy groups -OCH3 is 4. The molecule has 0 aliphatic heterocycles. The van der Waals surface area contributed by atoms with Gasteiger partial charge in [-0.3, -0.25) is 4.79 Å². The maximum absolute atomic E-state index is 12.6. The smallest absolute Gasteiger partial charge is 0.227 e. The molecule has 0 fully saturated rings. The molecule has 0 heterocycles. The van der Waals surface area contributed by atoms with Crippen molar-refractivity contribution in [2.45, 2.75) is 13.3 Å². The van der Waals surface area contributed by atoms with Crippen molar-refractivity contribution in [2.75, 3.05) is 33.8 Å². The Morgan fingerprint density at radius 2 is 1.54 bits per heavy atom. The molecule has 2 rings (SSSR count). The third-order valence-electron chi connectivity index (χ3n) is 4.10. The first kappa shape index (κ1) is 19.4. The summed E-state index contributed by atoms with van der Waals surface area (Å²) in [5.74, 6) is 2.18. The van der Waals surface area contributed by atoms with Gasteiger partial charge in [0.15, 0.2) is 11.5 Å². The number of benzene rings is 2. The predicted octanol–water partition coefficient (Wildman–Crippen LogP) is 3.54. The Labute approximate surface area is 154 Å². The molecule has 1 unspecified atom stereocenters. The van der Waals surface area contributed by atoms with Crippen LogP contribution in [0.4, 0.5) is 5.69 Å². The van der Waals surface area contributed by atoms with Crippen LogP contribution in [-0.2, 0) is 11.2 Å². The van der Waals surface area contributed by atoms with Crippen LogP contribution in [0, 0.1) is 5.92 Å². The zero-order valence-corrected chi connectivity index (χ0v) is 15.8. The monoisotopic (exact) mass is 359 g/mol. The summed E-state index contributed by atoms with van der Waals surface area (Å²) >= 11 is 0. The Morgan fingerprint density at radius 3 is 2.15 bits per heavy atom. The minimum absolute atomic E-state index is 0.105. The van der Waals surface area contributed by atoms with E-state index < -0.39 is 0 Å². The van der Waals surface area contributed by atoms with Gasteiger partial charge in [-0.25, -0.2) is 0 Å². The normalized spacial score (nSPS) is 11.4. The van der Waals surface area contributed by atoms with Crippen molar-refractivity contribution in [1.29, 1.82) is 0 Å². The molecule has 0 saturated carbocycles. The first-order valence-corrected chi connectivity index (χ1v) is 8.26. The fourth-order valence-corrected chi connectivity index (χ4v) is 2.62. The average Bonchev–Trinajstić information content (AvgIpc) is 2.67. The van der Waals surface area contributed by atoms with E-state index in [9.17, 15) is 4.79 Å². The molecule has 0 bridgehead atoms. The van der Waals surface area contributed by atoms with Gasteiger partial charge in [0.05, 0.1) is 34.1 Å². The van der Waals surface area contributed by atoms with E-state index >= 15 is 0 Å². The molecule has 2 aromatic carbocycles. The van der Waals surface area contributed by atoms with Gasteiger partial charge in [0.25, 0.3) is 0 Å². The molecule has 0 radical (unpaired) electrons. The van der Waals surface area contributed by atoms with E-state index in [1.807, 2.05) is 25.1 Å². The fraction of sp³-hybridized carbons (Fsp3) is 0.350. The van der Waals surface area contributed by atoms with E-state index in [0.29, 0.717) is 35.1 Å². The van der Waals surface area contributed by atoms with E-state index in [1.54, 1.807) is 46.6 Å².